The van der Waals surface area contributed by atoms with E-state index in [4.69, 9.17) is 9.47 Å². The SMILES string of the molecule is CCOc1ccccc1OC(=O)C1CC1C. The Balaban J connectivity index is 2.05. The Morgan fingerprint density at radius 1 is 1.38 bits per heavy atom. The maximum absolute atomic E-state index is 11.7. The van der Waals surface area contributed by atoms with Crippen LogP contribution < -0.4 is 9.47 Å². The summed E-state index contributed by atoms with van der Waals surface area (Å²) in [7, 11) is 0. The summed E-state index contributed by atoms with van der Waals surface area (Å²) >= 11 is 0. The molecule has 0 aromatic heterocycles. The molecule has 16 heavy (non-hydrogen) atoms. The van der Waals surface area contributed by atoms with Crippen LogP contribution in [0.2, 0.25) is 0 Å². The molecule has 3 nitrogen and oxygen atoms in total. The first kappa shape index (κ1) is 11.0. The molecule has 0 saturated heterocycles. The molecule has 2 atom stereocenters. The van der Waals surface area contributed by atoms with Gasteiger partial charge in [-0.05, 0) is 31.4 Å². The molecule has 0 amide bonds. The molecule has 0 radical (unpaired) electrons. The molecule has 0 heterocycles. The fraction of sp³-hybridized carbons (Fsp3) is 0.462. The number of hydrogen-bond acceptors (Lipinski definition) is 3. The molecule has 1 fully saturated rings. The Kier molecular flexibility index (Phi) is 3.13. The van der Waals surface area contributed by atoms with E-state index in [0.717, 1.165) is 6.42 Å². The lowest BCUT2D eigenvalue weighted by Gasteiger charge is -2.09. The van der Waals surface area contributed by atoms with Gasteiger partial charge in [0.1, 0.15) is 0 Å². The van der Waals surface area contributed by atoms with Crippen LogP contribution in [0.5, 0.6) is 11.5 Å². The third-order valence-corrected chi connectivity index (χ3v) is 2.77. The summed E-state index contributed by atoms with van der Waals surface area (Å²) in [6.07, 6.45) is 0.940. The van der Waals surface area contributed by atoms with Crippen molar-refractivity contribution in [2.75, 3.05) is 6.61 Å². The molecule has 1 aliphatic rings. The minimum atomic E-state index is -0.139. The summed E-state index contributed by atoms with van der Waals surface area (Å²) in [5.41, 5.74) is 0. The molecule has 1 aromatic carbocycles. The van der Waals surface area contributed by atoms with E-state index in [0.29, 0.717) is 24.0 Å². The van der Waals surface area contributed by atoms with Gasteiger partial charge in [-0.25, -0.2) is 0 Å². The molecule has 1 aromatic rings. The van der Waals surface area contributed by atoms with Gasteiger partial charge in [0, 0.05) is 0 Å². The van der Waals surface area contributed by atoms with Crippen LogP contribution >= 0.6 is 0 Å². The molecule has 0 bridgehead atoms. The molecule has 0 spiro atoms. The van der Waals surface area contributed by atoms with E-state index in [-0.39, 0.29) is 11.9 Å². The number of carbonyl (C=O) groups is 1. The summed E-state index contributed by atoms with van der Waals surface area (Å²) < 4.78 is 10.7. The van der Waals surface area contributed by atoms with Crippen LogP contribution in [0.25, 0.3) is 0 Å². The number of rotatable bonds is 4. The number of ether oxygens (including phenoxy) is 2. The number of para-hydroxylation sites is 2. The van der Waals surface area contributed by atoms with E-state index in [2.05, 4.69) is 6.92 Å². The quantitative estimate of drug-likeness (QED) is 0.578. The van der Waals surface area contributed by atoms with Gasteiger partial charge < -0.3 is 9.47 Å². The predicted molar refractivity (Wildman–Crippen MR) is 60.5 cm³/mol. The fourth-order valence-electron chi connectivity index (χ4n) is 1.64. The van der Waals surface area contributed by atoms with Crippen LogP contribution in [0, 0.1) is 11.8 Å². The van der Waals surface area contributed by atoms with Crippen molar-refractivity contribution in [3.05, 3.63) is 24.3 Å². The first-order chi connectivity index (χ1) is 7.72. The lowest BCUT2D eigenvalue weighted by Crippen LogP contribution is -2.12. The van der Waals surface area contributed by atoms with Gasteiger partial charge in [0.25, 0.3) is 0 Å². The molecular formula is C13H16O3. The van der Waals surface area contributed by atoms with Crippen LogP contribution in [0.1, 0.15) is 20.3 Å². The maximum Gasteiger partial charge on any atom is 0.314 e. The lowest BCUT2D eigenvalue weighted by molar-refractivity contribution is -0.136. The highest BCUT2D eigenvalue weighted by Gasteiger charge is 2.41. The van der Waals surface area contributed by atoms with Crippen LogP contribution in [-0.4, -0.2) is 12.6 Å². The molecule has 0 N–H and O–H groups in total. The zero-order chi connectivity index (χ0) is 11.5. The Hall–Kier alpha value is -1.51. The molecule has 1 saturated carbocycles. The van der Waals surface area contributed by atoms with Crippen molar-refractivity contribution in [2.45, 2.75) is 20.3 Å². The fourth-order valence-corrected chi connectivity index (χ4v) is 1.64. The number of hydrogen-bond donors (Lipinski definition) is 0. The summed E-state index contributed by atoms with van der Waals surface area (Å²) in [5, 5.41) is 0. The van der Waals surface area contributed by atoms with E-state index in [1.807, 2.05) is 25.1 Å². The van der Waals surface area contributed by atoms with Crippen LogP contribution in [0.15, 0.2) is 24.3 Å². The van der Waals surface area contributed by atoms with Gasteiger partial charge in [-0.2, -0.15) is 0 Å². The summed E-state index contributed by atoms with van der Waals surface area (Å²) in [6, 6.07) is 7.27. The van der Waals surface area contributed by atoms with Crippen molar-refractivity contribution in [2.24, 2.45) is 11.8 Å². The smallest absolute Gasteiger partial charge is 0.314 e. The van der Waals surface area contributed by atoms with E-state index < -0.39 is 0 Å². The molecule has 1 aliphatic carbocycles. The second-order valence-electron chi connectivity index (χ2n) is 4.12. The zero-order valence-corrected chi connectivity index (χ0v) is 9.60. The van der Waals surface area contributed by atoms with Gasteiger partial charge >= 0.3 is 5.97 Å². The average Bonchev–Trinajstić information content (AvgIpc) is 2.99. The minimum absolute atomic E-state index is 0.0784. The summed E-state index contributed by atoms with van der Waals surface area (Å²) in [4.78, 5) is 11.7. The summed E-state index contributed by atoms with van der Waals surface area (Å²) in [6.45, 7) is 4.52. The average molecular weight is 220 g/mol. The largest absolute Gasteiger partial charge is 0.490 e. The molecular weight excluding hydrogens is 204 g/mol. The second kappa shape index (κ2) is 4.56. The monoisotopic (exact) mass is 220 g/mol. The van der Waals surface area contributed by atoms with Crippen molar-refractivity contribution in [3.63, 3.8) is 0 Å². The third kappa shape index (κ3) is 2.35. The second-order valence-corrected chi connectivity index (χ2v) is 4.12. The molecule has 2 rings (SSSR count). The summed E-state index contributed by atoms with van der Waals surface area (Å²) in [5.74, 6) is 1.56. The third-order valence-electron chi connectivity index (χ3n) is 2.77. The Labute approximate surface area is 95.4 Å². The van der Waals surface area contributed by atoms with Crippen LogP contribution in [0.3, 0.4) is 0 Å². The first-order valence-corrected chi connectivity index (χ1v) is 5.66. The number of esters is 1. The van der Waals surface area contributed by atoms with Gasteiger partial charge in [0.2, 0.25) is 0 Å². The van der Waals surface area contributed by atoms with Gasteiger partial charge in [0.15, 0.2) is 11.5 Å². The number of carbonyl (C=O) groups excluding carboxylic acids is 1. The Morgan fingerprint density at radius 2 is 2.00 bits per heavy atom. The molecule has 2 unspecified atom stereocenters. The zero-order valence-electron chi connectivity index (χ0n) is 9.60. The van der Waals surface area contributed by atoms with Crippen molar-refractivity contribution in [1.29, 1.82) is 0 Å². The number of benzene rings is 1. The Morgan fingerprint density at radius 3 is 2.56 bits per heavy atom. The van der Waals surface area contributed by atoms with Crippen molar-refractivity contribution in [3.8, 4) is 11.5 Å². The van der Waals surface area contributed by atoms with Crippen molar-refractivity contribution in [1.82, 2.24) is 0 Å². The lowest BCUT2D eigenvalue weighted by atomic mass is 10.3. The van der Waals surface area contributed by atoms with Gasteiger partial charge in [-0.3, -0.25) is 4.79 Å². The highest BCUT2D eigenvalue weighted by atomic mass is 16.6. The highest BCUT2D eigenvalue weighted by Crippen LogP contribution is 2.39. The molecule has 3 heteroatoms. The standard InChI is InChI=1S/C13H16O3/c1-3-15-11-6-4-5-7-12(11)16-13(14)10-8-9(10)2/h4-7,9-10H,3,8H2,1-2H3. The van der Waals surface area contributed by atoms with Crippen LogP contribution in [-0.2, 0) is 4.79 Å². The van der Waals surface area contributed by atoms with E-state index in [1.54, 1.807) is 6.07 Å². The van der Waals surface area contributed by atoms with E-state index >= 15 is 0 Å². The van der Waals surface area contributed by atoms with Crippen molar-refractivity contribution < 1.29 is 14.3 Å². The molecule has 0 aliphatic heterocycles. The van der Waals surface area contributed by atoms with Gasteiger partial charge in [-0.1, -0.05) is 19.1 Å². The van der Waals surface area contributed by atoms with Crippen LogP contribution in [0.4, 0.5) is 0 Å². The van der Waals surface area contributed by atoms with E-state index in [1.165, 1.54) is 0 Å². The Bertz CT molecular complexity index is 387. The van der Waals surface area contributed by atoms with Gasteiger partial charge in [-0.15, -0.1) is 0 Å². The minimum Gasteiger partial charge on any atom is -0.490 e. The highest BCUT2D eigenvalue weighted by molar-refractivity contribution is 5.78. The predicted octanol–water partition coefficient (Wildman–Crippen LogP) is 2.65. The van der Waals surface area contributed by atoms with E-state index in [9.17, 15) is 4.79 Å². The first-order valence-electron chi connectivity index (χ1n) is 5.66. The normalized spacial score (nSPS) is 22.6. The van der Waals surface area contributed by atoms with Crippen molar-refractivity contribution >= 4 is 5.97 Å². The molecule has 86 valence electrons. The maximum atomic E-state index is 11.7. The topological polar surface area (TPSA) is 35.5 Å². The van der Waals surface area contributed by atoms with Gasteiger partial charge in [0.05, 0.1) is 12.5 Å².